The van der Waals surface area contributed by atoms with Gasteiger partial charge in [0.05, 0.1) is 11.2 Å². The van der Waals surface area contributed by atoms with Crippen molar-refractivity contribution >= 4 is 12.2 Å². The van der Waals surface area contributed by atoms with E-state index in [1.807, 2.05) is 6.20 Å². The second-order valence-corrected chi connectivity index (χ2v) is 7.77. The fraction of sp³-hybridized carbons (Fsp3) is 0.588. The molecule has 124 valence electrons. The molecule has 2 aromatic rings. The van der Waals surface area contributed by atoms with Crippen LogP contribution in [0.5, 0.6) is 0 Å². The molecule has 3 rings (SSSR count). The van der Waals surface area contributed by atoms with Crippen molar-refractivity contribution < 1.29 is 0 Å². The van der Waals surface area contributed by atoms with E-state index in [4.69, 9.17) is 17.3 Å². The Morgan fingerprint density at radius 3 is 2.70 bits per heavy atom. The molecule has 1 aliphatic heterocycles. The average Bonchev–Trinajstić information content (AvgIpc) is 2.75. The molecule has 1 aliphatic rings. The molecule has 2 aromatic heterocycles. The van der Waals surface area contributed by atoms with Crippen LogP contribution in [0.1, 0.15) is 49.0 Å². The third-order valence-corrected chi connectivity index (χ3v) is 4.72. The van der Waals surface area contributed by atoms with Gasteiger partial charge in [0, 0.05) is 54.8 Å². The summed E-state index contributed by atoms with van der Waals surface area (Å²) in [6.07, 6.45) is 2.91. The van der Waals surface area contributed by atoms with E-state index in [0.29, 0.717) is 4.77 Å². The molecule has 0 amide bonds. The Kier molecular flexibility index (Phi) is 4.14. The summed E-state index contributed by atoms with van der Waals surface area (Å²) >= 11 is 5.11. The minimum atomic E-state index is 0.0142. The van der Waals surface area contributed by atoms with E-state index < -0.39 is 0 Å². The summed E-state index contributed by atoms with van der Waals surface area (Å²) in [5, 5.41) is 4.76. The second kappa shape index (κ2) is 5.83. The lowest BCUT2D eigenvalue weighted by atomic mass is 10.1. The third kappa shape index (κ3) is 3.23. The van der Waals surface area contributed by atoms with Gasteiger partial charge in [-0.15, -0.1) is 0 Å². The molecule has 0 saturated heterocycles. The molecular formula is C17H25N5S. The predicted molar refractivity (Wildman–Crippen MR) is 93.9 cm³/mol. The lowest BCUT2D eigenvalue weighted by Crippen LogP contribution is -2.31. The van der Waals surface area contributed by atoms with Crippen molar-refractivity contribution in [2.24, 2.45) is 0 Å². The average molecular weight is 331 g/mol. The normalized spacial score (nSPS) is 15.7. The molecule has 1 N–H and O–H groups in total. The van der Waals surface area contributed by atoms with Crippen molar-refractivity contribution in [2.75, 3.05) is 6.54 Å². The van der Waals surface area contributed by atoms with Crippen molar-refractivity contribution in [2.45, 2.75) is 59.7 Å². The first-order valence-corrected chi connectivity index (χ1v) is 8.51. The van der Waals surface area contributed by atoms with Crippen LogP contribution in [0, 0.1) is 18.6 Å². The summed E-state index contributed by atoms with van der Waals surface area (Å²) in [6, 6.07) is 0. The topological polar surface area (TPSA) is 49.7 Å². The lowest BCUT2D eigenvalue weighted by Gasteiger charge is -2.28. The van der Waals surface area contributed by atoms with Crippen LogP contribution in [0.4, 0.5) is 0 Å². The number of hydrogen-bond acceptors (Lipinski definition) is 4. The predicted octanol–water partition coefficient (Wildman–Crippen LogP) is 3.27. The molecule has 0 bridgehead atoms. The Morgan fingerprint density at radius 1 is 1.30 bits per heavy atom. The maximum absolute atomic E-state index is 5.11. The summed E-state index contributed by atoms with van der Waals surface area (Å²) in [4.78, 5) is 9.90. The first-order chi connectivity index (χ1) is 10.8. The van der Waals surface area contributed by atoms with E-state index >= 15 is 0 Å². The fourth-order valence-corrected chi connectivity index (χ4v) is 3.50. The fourth-order valence-electron chi connectivity index (χ4n) is 3.32. The van der Waals surface area contributed by atoms with Gasteiger partial charge in [0.1, 0.15) is 0 Å². The smallest absolute Gasteiger partial charge is 0.196 e. The number of aromatic amines is 1. The van der Waals surface area contributed by atoms with Crippen LogP contribution in [0.15, 0.2) is 6.20 Å². The number of rotatable bonds is 2. The van der Waals surface area contributed by atoms with Crippen LogP contribution in [-0.4, -0.2) is 31.2 Å². The van der Waals surface area contributed by atoms with Crippen molar-refractivity contribution in [3.63, 3.8) is 0 Å². The number of hydrogen-bond donors (Lipinski definition) is 1. The molecule has 0 spiro atoms. The van der Waals surface area contributed by atoms with Crippen molar-refractivity contribution in [3.8, 4) is 0 Å². The number of nitrogens with zero attached hydrogens (tertiary/aromatic N) is 4. The molecule has 0 aromatic carbocycles. The molecule has 6 heteroatoms. The Labute approximate surface area is 142 Å². The van der Waals surface area contributed by atoms with E-state index in [1.165, 1.54) is 22.5 Å². The van der Waals surface area contributed by atoms with Gasteiger partial charge in [-0.05, 0) is 46.8 Å². The van der Waals surface area contributed by atoms with Crippen LogP contribution in [0.3, 0.4) is 0 Å². The highest BCUT2D eigenvalue weighted by Crippen LogP contribution is 2.24. The van der Waals surface area contributed by atoms with E-state index in [1.54, 1.807) is 0 Å². The first kappa shape index (κ1) is 16.3. The van der Waals surface area contributed by atoms with Gasteiger partial charge in [-0.25, -0.2) is 4.98 Å². The Bertz CT molecular complexity index is 781. The SMILES string of the molecule is Cc1nn(C(C)(C)C)c(C)c1CN1CCc2[nH]c(=S)ncc2C1. The highest BCUT2D eigenvalue weighted by Gasteiger charge is 2.23. The molecule has 0 atom stereocenters. The van der Waals surface area contributed by atoms with Gasteiger partial charge < -0.3 is 4.98 Å². The summed E-state index contributed by atoms with van der Waals surface area (Å²) in [7, 11) is 0. The van der Waals surface area contributed by atoms with Crippen molar-refractivity contribution in [3.05, 3.63) is 39.2 Å². The van der Waals surface area contributed by atoms with E-state index in [2.05, 4.69) is 54.2 Å². The molecule has 0 fully saturated rings. The van der Waals surface area contributed by atoms with Gasteiger partial charge in [0.25, 0.3) is 0 Å². The number of H-pyrrole nitrogens is 1. The molecular weight excluding hydrogens is 306 g/mol. The molecule has 0 radical (unpaired) electrons. The molecule has 23 heavy (non-hydrogen) atoms. The summed E-state index contributed by atoms with van der Waals surface area (Å²) in [5.74, 6) is 0. The van der Waals surface area contributed by atoms with Crippen molar-refractivity contribution in [1.29, 1.82) is 0 Å². The summed E-state index contributed by atoms with van der Waals surface area (Å²) < 4.78 is 2.73. The number of fused-ring (bicyclic) bond motifs is 1. The molecule has 3 heterocycles. The van der Waals surface area contributed by atoms with Gasteiger partial charge in [0.2, 0.25) is 0 Å². The summed E-state index contributed by atoms with van der Waals surface area (Å²) in [6.45, 7) is 13.8. The quantitative estimate of drug-likeness (QED) is 0.858. The molecule has 5 nitrogen and oxygen atoms in total. The highest BCUT2D eigenvalue weighted by atomic mass is 32.1. The van der Waals surface area contributed by atoms with E-state index in [-0.39, 0.29) is 5.54 Å². The van der Waals surface area contributed by atoms with Crippen LogP contribution in [0.25, 0.3) is 0 Å². The number of aryl methyl sites for hydroxylation is 1. The van der Waals surface area contributed by atoms with Crippen LogP contribution < -0.4 is 0 Å². The zero-order valence-corrected chi connectivity index (χ0v) is 15.4. The van der Waals surface area contributed by atoms with Gasteiger partial charge in [-0.3, -0.25) is 9.58 Å². The minimum absolute atomic E-state index is 0.0142. The van der Waals surface area contributed by atoms with Crippen LogP contribution in [-0.2, 0) is 25.0 Å². The Hall–Kier alpha value is -1.53. The zero-order chi connectivity index (χ0) is 16.8. The maximum Gasteiger partial charge on any atom is 0.196 e. The summed E-state index contributed by atoms with van der Waals surface area (Å²) in [5.41, 5.74) is 6.25. The largest absolute Gasteiger partial charge is 0.334 e. The van der Waals surface area contributed by atoms with Gasteiger partial charge in [-0.1, -0.05) is 0 Å². The van der Waals surface area contributed by atoms with Gasteiger partial charge >= 0.3 is 0 Å². The van der Waals surface area contributed by atoms with Crippen molar-refractivity contribution in [1.82, 2.24) is 24.6 Å². The third-order valence-electron chi connectivity index (χ3n) is 4.51. The standard InChI is InChI=1S/C17H25N5S/c1-11-14(12(2)22(20-11)17(3,4)5)10-21-7-6-15-13(9-21)8-18-16(23)19-15/h8H,6-7,9-10H2,1-5H3,(H,18,19,23). The van der Waals surface area contributed by atoms with E-state index in [0.717, 1.165) is 31.7 Å². The van der Waals surface area contributed by atoms with Crippen LogP contribution >= 0.6 is 12.2 Å². The number of nitrogens with one attached hydrogen (secondary N) is 1. The first-order valence-electron chi connectivity index (χ1n) is 8.10. The monoisotopic (exact) mass is 331 g/mol. The molecule has 0 aliphatic carbocycles. The van der Waals surface area contributed by atoms with Crippen LogP contribution in [0.2, 0.25) is 0 Å². The highest BCUT2D eigenvalue weighted by molar-refractivity contribution is 7.71. The zero-order valence-electron chi connectivity index (χ0n) is 14.6. The van der Waals surface area contributed by atoms with E-state index in [9.17, 15) is 0 Å². The number of aromatic nitrogens is 4. The molecule has 0 unspecified atom stereocenters. The lowest BCUT2D eigenvalue weighted by molar-refractivity contribution is 0.241. The van der Waals surface area contributed by atoms with Gasteiger partial charge in [0.15, 0.2) is 4.77 Å². The Morgan fingerprint density at radius 2 is 2.04 bits per heavy atom. The second-order valence-electron chi connectivity index (χ2n) is 7.38. The maximum atomic E-state index is 5.11. The minimum Gasteiger partial charge on any atom is -0.334 e. The molecule has 0 saturated carbocycles. The Balaban J connectivity index is 1.83. The van der Waals surface area contributed by atoms with Gasteiger partial charge in [-0.2, -0.15) is 5.10 Å².